The van der Waals surface area contributed by atoms with E-state index in [1.54, 1.807) is 6.92 Å². The number of nitrogens with one attached hydrogen (secondary N) is 1. The van der Waals surface area contributed by atoms with Crippen LogP contribution < -0.4 is 5.43 Å². The van der Waals surface area contributed by atoms with Gasteiger partial charge in [0.25, 0.3) is 0 Å². The van der Waals surface area contributed by atoms with E-state index < -0.39 is 15.5 Å². The molecule has 0 aromatic carbocycles. The first-order valence-corrected chi connectivity index (χ1v) is 6.49. The Morgan fingerprint density at radius 3 is 2.71 bits per heavy atom. The van der Waals surface area contributed by atoms with Crippen LogP contribution in [-0.4, -0.2) is 44.5 Å². The zero-order valence-electron chi connectivity index (χ0n) is 10.0. The molecule has 1 rings (SSSR count). The van der Waals surface area contributed by atoms with Gasteiger partial charge in [0.15, 0.2) is 0 Å². The number of methoxy groups -OCH3 is 1. The van der Waals surface area contributed by atoms with Crippen LogP contribution in [-0.2, 0) is 14.8 Å². The lowest BCUT2D eigenvalue weighted by atomic mass is 10.4. The SMILES string of the molecule is COCC(C)N(C)S(=O)(=O)c1c[nH]ccc1=O. The third-order valence-corrected chi connectivity index (χ3v) is 4.47. The number of likely N-dealkylation sites (N-methyl/N-ethyl adjacent to an activating group) is 1. The van der Waals surface area contributed by atoms with Gasteiger partial charge < -0.3 is 9.72 Å². The normalized spacial score (nSPS) is 13.9. The van der Waals surface area contributed by atoms with Gasteiger partial charge >= 0.3 is 0 Å². The Morgan fingerprint density at radius 2 is 2.18 bits per heavy atom. The molecule has 6 nitrogen and oxygen atoms in total. The molecule has 1 atom stereocenters. The summed E-state index contributed by atoms with van der Waals surface area (Å²) in [6.45, 7) is 1.97. The van der Waals surface area contributed by atoms with Gasteiger partial charge in [-0.2, -0.15) is 4.31 Å². The number of aromatic nitrogens is 1. The highest BCUT2D eigenvalue weighted by molar-refractivity contribution is 7.89. The molecular formula is C10H16N2O4S. The number of hydrogen-bond donors (Lipinski definition) is 1. The van der Waals surface area contributed by atoms with Gasteiger partial charge in [0, 0.05) is 38.7 Å². The van der Waals surface area contributed by atoms with E-state index in [0.29, 0.717) is 0 Å². The zero-order valence-corrected chi connectivity index (χ0v) is 10.8. The third kappa shape index (κ3) is 2.93. The van der Waals surface area contributed by atoms with Crippen molar-refractivity contribution in [1.82, 2.24) is 9.29 Å². The molecule has 0 amide bonds. The summed E-state index contributed by atoms with van der Waals surface area (Å²) in [4.78, 5) is 13.8. The Balaban J connectivity index is 3.12. The van der Waals surface area contributed by atoms with Crippen molar-refractivity contribution >= 4 is 10.0 Å². The molecule has 96 valence electrons. The van der Waals surface area contributed by atoms with Crippen LogP contribution in [0.25, 0.3) is 0 Å². The molecule has 0 radical (unpaired) electrons. The standard InChI is InChI=1S/C10H16N2O4S/c1-8(7-16-3)12(2)17(14,15)10-6-11-5-4-9(10)13/h4-6,8H,7H2,1-3H3,(H,11,13). The highest BCUT2D eigenvalue weighted by Crippen LogP contribution is 2.11. The van der Waals surface area contributed by atoms with Crippen molar-refractivity contribution in [3.05, 3.63) is 28.7 Å². The molecule has 0 aliphatic heterocycles. The molecule has 1 aromatic rings. The molecule has 7 heteroatoms. The first-order valence-electron chi connectivity index (χ1n) is 5.05. The molecule has 1 aromatic heterocycles. The van der Waals surface area contributed by atoms with Crippen LogP contribution in [0.1, 0.15) is 6.92 Å². The predicted octanol–water partition coefficient (Wildman–Crippen LogP) is 0.0303. The maximum absolute atomic E-state index is 12.1. The first kappa shape index (κ1) is 13.9. The van der Waals surface area contributed by atoms with E-state index in [0.717, 1.165) is 4.31 Å². The number of H-pyrrole nitrogens is 1. The Morgan fingerprint density at radius 1 is 1.53 bits per heavy atom. The molecule has 0 aliphatic rings. The molecule has 0 saturated carbocycles. The maximum Gasteiger partial charge on any atom is 0.248 e. The van der Waals surface area contributed by atoms with Crippen molar-refractivity contribution < 1.29 is 13.2 Å². The van der Waals surface area contributed by atoms with E-state index in [1.165, 1.54) is 32.6 Å². The van der Waals surface area contributed by atoms with Gasteiger partial charge in [-0.15, -0.1) is 0 Å². The number of nitrogens with zero attached hydrogens (tertiary/aromatic N) is 1. The Labute approximate surface area is 100 Å². The van der Waals surface area contributed by atoms with Crippen molar-refractivity contribution in [2.24, 2.45) is 0 Å². The monoisotopic (exact) mass is 260 g/mol. The van der Waals surface area contributed by atoms with Gasteiger partial charge in [-0.05, 0) is 6.92 Å². The van der Waals surface area contributed by atoms with Gasteiger partial charge in [-0.1, -0.05) is 0 Å². The molecule has 1 unspecified atom stereocenters. The van der Waals surface area contributed by atoms with E-state index >= 15 is 0 Å². The summed E-state index contributed by atoms with van der Waals surface area (Å²) in [5, 5.41) is 0. The minimum atomic E-state index is -3.78. The summed E-state index contributed by atoms with van der Waals surface area (Å²) in [5.41, 5.74) is -0.528. The summed E-state index contributed by atoms with van der Waals surface area (Å²) in [5.74, 6) is 0. The number of sulfonamides is 1. The lowest BCUT2D eigenvalue weighted by Gasteiger charge is -2.23. The van der Waals surface area contributed by atoms with Crippen LogP contribution in [0.3, 0.4) is 0 Å². The molecule has 0 saturated heterocycles. The zero-order chi connectivity index (χ0) is 13.1. The second-order valence-electron chi connectivity index (χ2n) is 3.70. The van der Waals surface area contributed by atoms with Crippen molar-refractivity contribution in [3.63, 3.8) is 0 Å². The minimum absolute atomic E-state index is 0.259. The summed E-state index contributed by atoms with van der Waals surface area (Å²) < 4.78 is 30.3. The van der Waals surface area contributed by atoms with E-state index in [9.17, 15) is 13.2 Å². The molecule has 1 heterocycles. The Bertz CT molecular complexity index is 523. The van der Waals surface area contributed by atoms with E-state index in [1.807, 2.05) is 0 Å². The number of rotatable bonds is 5. The molecular weight excluding hydrogens is 244 g/mol. The van der Waals surface area contributed by atoms with Crippen LogP contribution in [0.2, 0.25) is 0 Å². The van der Waals surface area contributed by atoms with Gasteiger partial charge in [0.05, 0.1) is 6.61 Å². The molecule has 0 bridgehead atoms. The summed E-state index contributed by atoms with van der Waals surface area (Å²) in [6, 6.07) is 0.839. The summed E-state index contributed by atoms with van der Waals surface area (Å²) in [6.07, 6.45) is 2.58. The van der Waals surface area contributed by atoms with Crippen LogP contribution >= 0.6 is 0 Å². The molecule has 0 spiro atoms. The summed E-state index contributed by atoms with van der Waals surface area (Å²) in [7, 11) is -0.867. The quantitative estimate of drug-likeness (QED) is 0.810. The fourth-order valence-corrected chi connectivity index (χ4v) is 2.72. The second-order valence-corrected chi connectivity index (χ2v) is 5.66. The second kappa shape index (κ2) is 5.44. The predicted molar refractivity (Wildman–Crippen MR) is 63.3 cm³/mol. The highest BCUT2D eigenvalue weighted by Gasteiger charge is 2.27. The van der Waals surface area contributed by atoms with E-state index in [-0.39, 0.29) is 17.5 Å². The molecule has 0 aliphatic carbocycles. The van der Waals surface area contributed by atoms with E-state index in [2.05, 4.69) is 4.98 Å². The first-order chi connectivity index (χ1) is 7.91. The van der Waals surface area contributed by atoms with Crippen LogP contribution in [0.4, 0.5) is 0 Å². The van der Waals surface area contributed by atoms with Gasteiger partial charge in [-0.3, -0.25) is 4.79 Å². The minimum Gasteiger partial charge on any atom is -0.383 e. The van der Waals surface area contributed by atoms with Crippen molar-refractivity contribution in [1.29, 1.82) is 0 Å². The largest absolute Gasteiger partial charge is 0.383 e. The van der Waals surface area contributed by atoms with Crippen molar-refractivity contribution in [2.75, 3.05) is 20.8 Å². The average Bonchev–Trinajstić information content (AvgIpc) is 2.28. The van der Waals surface area contributed by atoms with Crippen molar-refractivity contribution in [3.8, 4) is 0 Å². The van der Waals surface area contributed by atoms with Crippen molar-refractivity contribution in [2.45, 2.75) is 17.9 Å². The lowest BCUT2D eigenvalue weighted by Crippen LogP contribution is -2.39. The fourth-order valence-electron chi connectivity index (χ4n) is 1.34. The molecule has 1 N–H and O–H groups in total. The average molecular weight is 260 g/mol. The van der Waals surface area contributed by atoms with Crippen LogP contribution in [0, 0.1) is 0 Å². The maximum atomic E-state index is 12.1. The Hall–Kier alpha value is -1.18. The van der Waals surface area contributed by atoms with Gasteiger partial charge in [0.2, 0.25) is 15.5 Å². The topological polar surface area (TPSA) is 79.5 Å². The summed E-state index contributed by atoms with van der Waals surface area (Å²) >= 11 is 0. The number of hydrogen-bond acceptors (Lipinski definition) is 4. The fraction of sp³-hybridized carbons (Fsp3) is 0.500. The van der Waals surface area contributed by atoms with E-state index in [4.69, 9.17) is 4.74 Å². The van der Waals surface area contributed by atoms with Gasteiger partial charge in [0.1, 0.15) is 4.90 Å². The number of pyridine rings is 1. The number of ether oxygens (including phenoxy) is 1. The smallest absolute Gasteiger partial charge is 0.248 e. The van der Waals surface area contributed by atoms with Crippen LogP contribution in [0.15, 0.2) is 28.2 Å². The van der Waals surface area contributed by atoms with Crippen LogP contribution in [0.5, 0.6) is 0 Å². The number of aromatic amines is 1. The third-order valence-electron chi connectivity index (χ3n) is 2.47. The lowest BCUT2D eigenvalue weighted by molar-refractivity contribution is 0.149. The molecule has 17 heavy (non-hydrogen) atoms. The molecule has 0 fully saturated rings. The Kier molecular flexibility index (Phi) is 4.44. The van der Waals surface area contributed by atoms with Gasteiger partial charge in [-0.25, -0.2) is 8.42 Å². The highest BCUT2D eigenvalue weighted by atomic mass is 32.2.